The van der Waals surface area contributed by atoms with Crippen LogP contribution >= 0.6 is 15.9 Å². The van der Waals surface area contributed by atoms with Crippen molar-refractivity contribution >= 4 is 31.6 Å². The number of H-pyrrole nitrogens is 1. The summed E-state index contributed by atoms with van der Waals surface area (Å²) in [5.74, 6) is 0.469. The van der Waals surface area contributed by atoms with Gasteiger partial charge in [-0.3, -0.25) is 5.10 Å². The first kappa shape index (κ1) is 14.9. The van der Waals surface area contributed by atoms with Crippen LogP contribution < -0.4 is 5.73 Å². The normalized spacial score (nSPS) is 12.0. The molecular formula is C11H14BrN5O2S. The van der Waals surface area contributed by atoms with Gasteiger partial charge in [0, 0.05) is 17.2 Å². The first-order valence-corrected chi connectivity index (χ1v) is 7.92. The third kappa shape index (κ3) is 2.84. The molecule has 0 fully saturated rings. The van der Waals surface area contributed by atoms with Crippen molar-refractivity contribution in [2.75, 3.05) is 12.8 Å². The van der Waals surface area contributed by atoms with E-state index in [-0.39, 0.29) is 11.4 Å². The minimum Gasteiger partial charge on any atom is -0.398 e. The number of nitrogen functional groups attached to an aromatic ring is 1. The highest BCUT2D eigenvalue weighted by Crippen LogP contribution is 2.28. The molecule has 9 heteroatoms. The number of halogens is 1. The smallest absolute Gasteiger partial charge is 0.243 e. The highest BCUT2D eigenvalue weighted by Gasteiger charge is 2.25. The van der Waals surface area contributed by atoms with Crippen LogP contribution in [-0.2, 0) is 16.6 Å². The lowest BCUT2D eigenvalue weighted by molar-refractivity contribution is 0.457. The van der Waals surface area contributed by atoms with E-state index in [4.69, 9.17) is 5.73 Å². The van der Waals surface area contributed by atoms with Crippen molar-refractivity contribution in [2.45, 2.75) is 18.4 Å². The number of aromatic amines is 1. The van der Waals surface area contributed by atoms with Gasteiger partial charge in [-0.25, -0.2) is 13.4 Å². The van der Waals surface area contributed by atoms with Gasteiger partial charge in [0.15, 0.2) is 0 Å². The summed E-state index contributed by atoms with van der Waals surface area (Å²) in [6.45, 7) is 1.78. The lowest BCUT2D eigenvalue weighted by Crippen LogP contribution is -2.27. The van der Waals surface area contributed by atoms with Gasteiger partial charge in [0.25, 0.3) is 0 Å². The van der Waals surface area contributed by atoms with Gasteiger partial charge >= 0.3 is 0 Å². The molecule has 3 N–H and O–H groups in total. The second-order valence-corrected chi connectivity index (χ2v) is 7.24. The van der Waals surface area contributed by atoms with Crippen LogP contribution in [0.3, 0.4) is 0 Å². The van der Waals surface area contributed by atoms with E-state index in [2.05, 4.69) is 31.1 Å². The van der Waals surface area contributed by atoms with E-state index in [1.807, 2.05) is 0 Å². The predicted octanol–water partition coefficient (Wildman–Crippen LogP) is 1.28. The number of hydrogen-bond donors (Lipinski definition) is 2. The van der Waals surface area contributed by atoms with Crippen LogP contribution in [0, 0.1) is 6.92 Å². The van der Waals surface area contributed by atoms with Crippen LogP contribution in [0.1, 0.15) is 11.4 Å². The van der Waals surface area contributed by atoms with Crippen molar-refractivity contribution in [3.8, 4) is 0 Å². The summed E-state index contributed by atoms with van der Waals surface area (Å²) in [6.07, 6.45) is 1.33. The summed E-state index contributed by atoms with van der Waals surface area (Å²) < 4.78 is 27.0. The van der Waals surface area contributed by atoms with Crippen LogP contribution in [-0.4, -0.2) is 35.0 Å². The molecule has 108 valence electrons. The summed E-state index contributed by atoms with van der Waals surface area (Å²) in [7, 11) is -2.17. The molecule has 20 heavy (non-hydrogen) atoms. The van der Waals surface area contributed by atoms with E-state index in [0.717, 1.165) is 0 Å². The number of nitrogens with two attached hydrogens (primary N) is 1. The minimum absolute atomic E-state index is 0.105. The van der Waals surface area contributed by atoms with E-state index in [9.17, 15) is 8.42 Å². The number of nitrogens with one attached hydrogen (secondary N) is 1. The number of sulfonamides is 1. The molecule has 1 aromatic heterocycles. The Morgan fingerprint density at radius 2 is 2.15 bits per heavy atom. The zero-order valence-electron chi connectivity index (χ0n) is 11.0. The molecule has 0 atom stereocenters. The van der Waals surface area contributed by atoms with Gasteiger partial charge in [-0.05, 0) is 24.6 Å². The lowest BCUT2D eigenvalue weighted by Gasteiger charge is -2.18. The molecule has 0 bridgehead atoms. The van der Waals surface area contributed by atoms with Gasteiger partial charge in [-0.1, -0.05) is 15.9 Å². The van der Waals surface area contributed by atoms with Crippen molar-refractivity contribution in [2.24, 2.45) is 0 Å². The molecule has 0 aliphatic rings. The molecule has 2 aromatic rings. The molecule has 0 unspecified atom stereocenters. The Kier molecular flexibility index (Phi) is 4.11. The van der Waals surface area contributed by atoms with E-state index in [0.29, 0.717) is 21.5 Å². The summed E-state index contributed by atoms with van der Waals surface area (Å²) in [6, 6.07) is 3.21. The van der Waals surface area contributed by atoms with E-state index in [1.54, 1.807) is 13.0 Å². The second kappa shape index (κ2) is 5.51. The molecular weight excluding hydrogens is 346 g/mol. The maximum Gasteiger partial charge on any atom is 0.243 e. The van der Waals surface area contributed by atoms with E-state index in [1.165, 1.54) is 23.7 Å². The fourth-order valence-corrected chi connectivity index (χ4v) is 3.75. The molecule has 0 saturated carbocycles. The largest absolute Gasteiger partial charge is 0.398 e. The molecule has 2 rings (SSSR count). The number of rotatable bonds is 4. The van der Waals surface area contributed by atoms with Crippen LogP contribution in [0.2, 0.25) is 0 Å². The molecule has 0 saturated heterocycles. The van der Waals surface area contributed by atoms with Gasteiger partial charge in [-0.2, -0.15) is 9.40 Å². The number of aromatic nitrogens is 3. The maximum atomic E-state index is 12.6. The maximum absolute atomic E-state index is 12.6. The third-order valence-corrected chi connectivity index (χ3v) is 5.28. The predicted molar refractivity (Wildman–Crippen MR) is 78.3 cm³/mol. The highest BCUT2D eigenvalue weighted by molar-refractivity contribution is 9.10. The highest BCUT2D eigenvalue weighted by atomic mass is 79.9. The van der Waals surface area contributed by atoms with Crippen molar-refractivity contribution in [3.05, 3.63) is 34.3 Å². The Balaban J connectivity index is 2.40. The SMILES string of the molecule is Cc1c(N)cc(Br)cc1S(=O)(=O)N(C)Cc1ncn[nH]1. The number of nitrogens with zero attached hydrogens (tertiary/aromatic N) is 3. The molecule has 1 heterocycles. The van der Waals surface area contributed by atoms with Crippen LogP contribution in [0.5, 0.6) is 0 Å². The van der Waals surface area contributed by atoms with Crippen molar-refractivity contribution in [1.29, 1.82) is 0 Å². The van der Waals surface area contributed by atoms with Crippen molar-refractivity contribution in [1.82, 2.24) is 19.5 Å². The standard InChI is InChI=1S/C11H14BrN5O2S/c1-7-9(13)3-8(12)4-10(7)20(18,19)17(2)5-11-14-6-15-16-11/h3-4,6H,5,13H2,1-2H3,(H,14,15,16). The van der Waals surface area contributed by atoms with E-state index < -0.39 is 10.0 Å². The zero-order valence-corrected chi connectivity index (χ0v) is 13.4. The first-order chi connectivity index (χ1) is 9.32. The molecule has 0 amide bonds. The van der Waals surface area contributed by atoms with Gasteiger partial charge in [0.1, 0.15) is 12.2 Å². The molecule has 1 aromatic carbocycles. The summed E-state index contributed by atoms with van der Waals surface area (Å²) in [4.78, 5) is 4.09. The molecule has 0 aliphatic carbocycles. The fraction of sp³-hybridized carbons (Fsp3) is 0.273. The van der Waals surface area contributed by atoms with Gasteiger partial charge in [-0.15, -0.1) is 0 Å². The molecule has 0 spiro atoms. The van der Waals surface area contributed by atoms with Crippen molar-refractivity contribution < 1.29 is 8.42 Å². The second-order valence-electron chi connectivity index (χ2n) is 4.31. The van der Waals surface area contributed by atoms with Crippen LogP contribution in [0.15, 0.2) is 27.8 Å². The summed E-state index contributed by atoms with van der Waals surface area (Å²) in [5, 5.41) is 6.32. The quantitative estimate of drug-likeness (QED) is 0.799. The summed E-state index contributed by atoms with van der Waals surface area (Å²) >= 11 is 3.26. The van der Waals surface area contributed by atoms with Gasteiger partial charge < -0.3 is 5.73 Å². The Bertz CT molecular complexity index is 715. The Morgan fingerprint density at radius 3 is 2.75 bits per heavy atom. The zero-order chi connectivity index (χ0) is 14.9. The Morgan fingerprint density at radius 1 is 1.45 bits per heavy atom. The lowest BCUT2D eigenvalue weighted by atomic mass is 10.2. The Labute approximate surface area is 125 Å². The molecule has 0 aliphatic heterocycles. The topological polar surface area (TPSA) is 105 Å². The van der Waals surface area contributed by atoms with Crippen molar-refractivity contribution in [3.63, 3.8) is 0 Å². The van der Waals surface area contributed by atoms with Gasteiger partial charge in [0.05, 0.1) is 11.4 Å². The minimum atomic E-state index is -3.66. The molecule has 0 radical (unpaired) electrons. The average molecular weight is 360 g/mol. The van der Waals surface area contributed by atoms with Crippen LogP contribution in [0.25, 0.3) is 0 Å². The number of benzene rings is 1. The fourth-order valence-electron chi connectivity index (χ4n) is 1.71. The Hall–Kier alpha value is -1.45. The van der Waals surface area contributed by atoms with Crippen LogP contribution in [0.4, 0.5) is 5.69 Å². The number of anilines is 1. The monoisotopic (exact) mass is 359 g/mol. The third-order valence-electron chi connectivity index (χ3n) is 2.89. The average Bonchev–Trinajstić information content (AvgIpc) is 2.86. The first-order valence-electron chi connectivity index (χ1n) is 5.68. The molecule has 7 nitrogen and oxygen atoms in total. The summed E-state index contributed by atoms with van der Waals surface area (Å²) in [5.41, 5.74) is 6.76. The van der Waals surface area contributed by atoms with E-state index >= 15 is 0 Å². The number of hydrogen-bond acceptors (Lipinski definition) is 5. The van der Waals surface area contributed by atoms with Gasteiger partial charge in [0.2, 0.25) is 10.0 Å².